The lowest BCUT2D eigenvalue weighted by atomic mass is 10.2. The van der Waals surface area contributed by atoms with Crippen molar-refractivity contribution in [1.82, 2.24) is 0 Å². The minimum atomic E-state index is -5.01. The number of hydrogen-bond acceptors (Lipinski definition) is 4. The molecule has 23 heavy (non-hydrogen) atoms. The van der Waals surface area contributed by atoms with Gasteiger partial charge >= 0.3 is 12.1 Å². The molecule has 0 radical (unpaired) electrons. The molecule has 2 aromatic rings. The lowest BCUT2D eigenvalue weighted by molar-refractivity contribution is -0.167. The minimum absolute atomic E-state index is 0.0263. The molecule has 0 aliphatic heterocycles. The number of carbonyl (C=O) groups excluding carboxylic acids is 2. The quantitative estimate of drug-likeness (QED) is 0.803. The number of alkyl halides is 3. The Kier molecular flexibility index (Phi) is 5.32. The molecular weight excluding hydrogens is 349 g/mol. The Labute approximate surface area is 138 Å². The molecule has 1 aromatic carbocycles. The Balaban J connectivity index is 2.11. The predicted molar refractivity (Wildman–Crippen MR) is 85.2 cm³/mol. The van der Waals surface area contributed by atoms with Crippen LogP contribution in [0.1, 0.15) is 10.4 Å². The van der Waals surface area contributed by atoms with Crippen molar-refractivity contribution in [3.05, 3.63) is 41.3 Å². The highest BCUT2D eigenvalue weighted by Crippen LogP contribution is 2.27. The van der Waals surface area contributed by atoms with Crippen LogP contribution in [-0.2, 0) is 4.79 Å². The summed E-state index contributed by atoms with van der Waals surface area (Å²) in [5, 5.41) is 5.56. The van der Waals surface area contributed by atoms with Crippen LogP contribution in [0.25, 0.3) is 0 Å². The van der Waals surface area contributed by atoms with Gasteiger partial charge in [-0.3, -0.25) is 9.59 Å². The second-order valence-electron chi connectivity index (χ2n) is 4.30. The molecule has 0 saturated heterocycles. The van der Waals surface area contributed by atoms with Gasteiger partial charge in [0.05, 0.1) is 5.56 Å². The summed E-state index contributed by atoms with van der Waals surface area (Å²) in [5.74, 6) is -2.71. The first kappa shape index (κ1) is 17.4. The summed E-state index contributed by atoms with van der Waals surface area (Å²) in [4.78, 5) is 24.1. The number of rotatable bonds is 4. The van der Waals surface area contributed by atoms with E-state index in [1.54, 1.807) is 41.3 Å². The first-order valence-corrected chi connectivity index (χ1v) is 8.33. The zero-order chi connectivity index (χ0) is 17.0. The Morgan fingerprint density at radius 3 is 2.30 bits per heavy atom. The third-order valence-corrected chi connectivity index (χ3v) is 4.32. The van der Waals surface area contributed by atoms with Crippen molar-refractivity contribution >= 4 is 45.6 Å². The fraction of sp³-hybridized carbons (Fsp3) is 0.143. The topological polar surface area (TPSA) is 58.2 Å². The Bertz CT molecular complexity index is 712. The number of anilines is 2. The Morgan fingerprint density at radius 2 is 1.74 bits per heavy atom. The molecule has 1 aromatic heterocycles. The molecular formula is C14H11F3N2O2S2. The fourth-order valence-electron chi connectivity index (χ4n) is 1.63. The molecule has 0 aliphatic carbocycles. The number of thiophene rings is 1. The number of thioether (sulfide) groups is 1. The Morgan fingerprint density at radius 1 is 1.09 bits per heavy atom. The standard InChI is InChI=1S/C14H11F3N2O2S2/c1-22-9-4-2-8(3-5-9)18-11(20)10-6-7-23-12(10)19-13(21)14(15,16)17/h2-7H,1H3,(H,18,20)(H,19,21). The van der Waals surface area contributed by atoms with Crippen molar-refractivity contribution in [1.29, 1.82) is 0 Å². The summed E-state index contributed by atoms with van der Waals surface area (Å²) >= 11 is 2.38. The van der Waals surface area contributed by atoms with Gasteiger partial charge in [0.15, 0.2) is 0 Å². The zero-order valence-electron chi connectivity index (χ0n) is 11.7. The zero-order valence-corrected chi connectivity index (χ0v) is 13.4. The van der Waals surface area contributed by atoms with Crippen LogP contribution in [0.4, 0.5) is 23.9 Å². The summed E-state index contributed by atoms with van der Waals surface area (Å²) in [6, 6.07) is 8.33. The molecule has 0 atom stereocenters. The summed E-state index contributed by atoms with van der Waals surface area (Å²) < 4.78 is 36.8. The predicted octanol–water partition coefficient (Wildman–Crippen LogP) is 4.22. The highest BCUT2D eigenvalue weighted by molar-refractivity contribution is 7.98. The molecule has 0 spiro atoms. The molecule has 2 N–H and O–H groups in total. The number of carbonyl (C=O) groups is 2. The number of nitrogens with one attached hydrogen (secondary N) is 2. The van der Waals surface area contributed by atoms with Crippen LogP contribution in [0.5, 0.6) is 0 Å². The number of benzene rings is 1. The van der Waals surface area contributed by atoms with Crippen molar-refractivity contribution in [2.75, 3.05) is 16.9 Å². The molecule has 122 valence electrons. The average Bonchev–Trinajstić information content (AvgIpc) is 2.95. The second kappa shape index (κ2) is 7.05. The van der Waals surface area contributed by atoms with Gasteiger partial charge in [0.2, 0.25) is 0 Å². The minimum Gasteiger partial charge on any atom is -0.322 e. The molecule has 2 amide bonds. The van der Waals surface area contributed by atoms with E-state index in [0.29, 0.717) is 5.69 Å². The van der Waals surface area contributed by atoms with E-state index < -0.39 is 18.0 Å². The fourth-order valence-corrected chi connectivity index (χ4v) is 2.82. The van der Waals surface area contributed by atoms with Gasteiger partial charge in [-0.15, -0.1) is 23.1 Å². The van der Waals surface area contributed by atoms with Gasteiger partial charge in [-0.1, -0.05) is 0 Å². The van der Waals surface area contributed by atoms with E-state index in [4.69, 9.17) is 0 Å². The first-order valence-electron chi connectivity index (χ1n) is 6.22. The largest absolute Gasteiger partial charge is 0.471 e. The maximum Gasteiger partial charge on any atom is 0.471 e. The normalized spacial score (nSPS) is 11.1. The van der Waals surface area contributed by atoms with Crippen molar-refractivity contribution in [2.24, 2.45) is 0 Å². The molecule has 4 nitrogen and oxygen atoms in total. The third kappa shape index (κ3) is 4.49. The molecule has 1 heterocycles. The molecule has 0 aliphatic rings. The van der Waals surface area contributed by atoms with E-state index in [0.717, 1.165) is 16.2 Å². The molecule has 0 fully saturated rings. The highest BCUT2D eigenvalue weighted by Gasteiger charge is 2.39. The molecule has 0 saturated carbocycles. The maximum atomic E-state index is 12.3. The van der Waals surface area contributed by atoms with Gasteiger partial charge in [0.25, 0.3) is 5.91 Å². The summed E-state index contributed by atoms with van der Waals surface area (Å²) in [6.45, 7) is 0. The SMILES string of the molecule is CSc1ccc(NC(=O)c2ccsc2NC(=O)C(F)(F)F)cc1. The second-order valence-corrected chi connectivity index (χ2v) is 6.09. The van der Waals surface area contributed by atoms with Crippen molar-refractivity contribution in [3.8, 4) is 0 Å². The Hall–Kier alpha value is -2.00. The molecule has 0 bridgehead atoms. The summed E-state index contributed by atoms with van der Waals surface area (Å²) in [5.41, 5.74) is 0.480. The highest BCUT2D eigenvalue weighted by atomic mass is 32.2. The van der Waals surface area contributed by atoms with Crippen LogP contribution in [0.2, 0.25) is 0 Å². The molecule has 9 heteroatoms. The molecule has 2 rings (SSSR count). The van der Waals surface area contributed by atoms with Gasteiger partial charge in [-0.25, -0.2) is 0 Å². The van der Waals surface area contributed by atoms with Crippen LogP contribution >= 0.6 is 23.1 Å². The monoisotopic (exact) mass is 360 g/mol. The lowest BCUT2D eigenvalue weighted by Crippen LogP contribution is -2.30. The van der Waals surface area contributed by atoms with Gasteiger partial charge in [0, 0.05) is 10.6 Å². The van der Waals surface area contributed by atoms with Crippen LogP contribution in [0, 0.1) is 0 Å². The summed E-state index contributed by atoms with van der Waals surface area (Å²) in [7, 11) is 0. The van der Waals surface area contributed by atoms with Gasteiger partial charge in [-0.05, 0) is 42.0 Å². The van der Waals surface area contributed by atoms with E-state index in [9.17, 15) is 22.8 Å². The first-order chi connectivity index (χ1) is 10.8. The van der Waals surface area contributed by atoms with Crippen LogP contribution in [-0.4, -0.2) is 24.2 Å². The van der Waals surface area contributed by atoms with E-state index >= 15 is 0 Å². The van der Waals surface area contributed by atoms with E-state index in [2.05, 4.69) is 5.32 Å². The smallest absolute Gasteiger partial charge is 0.322 e. The summed E-state index contributed by atoms with van der Waals surface area (Å²) in [6.07, 6.45) is -3.10. The van der Waals surface area contributed by atoms with Crippen molar-refractivity contribution < 1.29 is 22.8 Å². The van der Waals surface area contributed by atoms with Crippen LogP contribution in [0.3, 0.4) is 0 Å². The van der Waals surface area contributed by atoms with E-state index in [-0.39, 0.29) is 10.6 Å². The van der Waals surface area contributed by atoms with Crippen LogP contribution < -0.4 is 10.6 Å². The maximum absolute atomic E-state index is 12.3. The average molecular weight is 360 g/mol. The van der Waals surface area contributed by atoms with Gasteiger partial charge in [0.1, 0.15) is 5.00 Å². The number of halogens is 3. The van der Waals surface area contributed by atoms with E-state index in [1.165, 1.54) is 11.4 Å². The molecule has 0 unspecified atom stereocenters. The third-order valence-electron chi connectivity index (χ3n) is 2.74. The van der Waals surface area contributed by atoms with Crippen molar-refractivity contribution in [3.63, 3.8) is 0 Å². The van der Waals surface area contributed by atoms with Gasteiger partial charge < -0.3 is 10.6 Å². The van der Waals surface area contributed by atoms with Crippen LogP contribution in [0.15, 0.2) is 40.6 Å². The number of amides is 2. The lowest BCUT2D eigenvalue weighted by Gasteiger charge is -2.09. The van der Waals surface area contributed by atoms with Crippen molar-refractivity contribution in [2.45, 2.75) is 11.1 Å². The van der Waals surface area contributed by atoms with Gasteiger partial charge in [-0.2, -0.15) is 13.2 Å². The number of hydrogen-bond donors (Lipinski definition) is 2. The van der Waals surface area contributed by atoms with E-state index in [1.807, 2.05) is 6.26 Å².